The van der Waals surface area contributed by atoms with Crippen LogP contribution in [-0.2, 0) is 4.79 Å². The Balaban J connectivity index is 3.41. The molecule has 0 heterocycles. The van der Waals surface area contributed by atoms with Gasteiger partial charge < -0.3 is 0 Å². The predicted molar refractivity (Wildman–Crippen MR) is 48.0 cm³/mol. The largest absolute Gasteiger partial charge is 0.430 e. The van der Waals surface area contributed by atoms with E-state index in [0.717, 1.165) is 0 Å². The van der Waals surface area contributed by atoms with Gasteiger partial charge in [-0.2, -0.15) is 4.79 Å². The third-order valence-electron chi connectivity index (χ3n) is 1.41. The Bertz CT molecular complexity index is 336. The van der Waals surface area contributed by atoms with E-state index < -0.39 is 0 Å². The van der Waals surface area contributed by atoms with E-state index in [-0.39, 0.29) is 0 Å². The highest BCUT2D eigenvalue weighted by atomic mass is 35.5. The van der Waals surface area contributed by atoms with E-state index in [0.29, 0.717) is 15.7 Å². The van der Waals surface area contributed by atoms with Gasteiger partial charge in [0.05, 0.1) is 0 Å². The number of hydrogen-bond acceptors (Lipinski definition) is 1. The van der Waals surface area contributed by atoms with Crippen LogP contribution in [0.25, 0.3) is 0 Å². The number of isocyanates is 1. The van der Waals surface area contributed by atoms with Crippen LogP contribution in [0.5, 0.6) is 0 Å². The molecular weight excluding hydrogens is 197 g/mol. The van der Waals surface area contributed by atoms with E-state index in [1.165, 1.54) is 4.58 Å². The maximum absolute atomic E-state index is 10.3. The average Bonchev–Trinajstić information content (AvgIpc) is 2.03. The van der Waals surface area contributed by atoms with Crippen molar-refractivity contribution in [1.82, 2.24) is 0 Å². The van der Waals surface area contributed by atoms with Gasteiger partial charge in [0.15, 0.2) is 7.05 Å². The van der Waals surface area contributed by atoms with Crippen LogP contribution in [0.4, 0.5) is 5.69 Å². The van der Waals surface area contributed by atoms with Crippen molar-refractivity contribution in [2.24, 2.45) is 0 Å². The lowest BCUT2D eigenvalue weighted by Crippen LogP contribution is -1.96. The number of halogens is 2. The highest BCUT2D eigenvalue weighted by Gasteiger charge is 2.14. The first-order valence-corrected chi connectivity index (χ1v) is 3.98. The van der Waals surface area contributed by atoms with Crippen LogP contribution < -0.4 is 0 Å². The fourth-order valence-corrected chi connectivity index (χ4v) is 1.51. The van der Waals surface area contributed by atoms with Gasteiger partial charge in [-0.05, 0) is 12.1 Å². The third kappa shape index (κ3) is 1.67. The van der Waals surface area contributed by atoms with Crippen molar-refractivity contribution in [1.29, 1.82) is 0 Å². The van der Waals surface area contributed by atoms with Crippen LogP contribution in [0.2, 0.25) is 10.0 Å². The van der Waals surface area contributed by atoms with E-state index in [1.54, 1.807) is 31.3 Å². The first-order valence-electron chi connectivity index (χ1n) is 3.22. The number of para-hydroxylation sites is 1. The monoisotopic (exact) mass is 202 g/mol. The Hall–Kier alpha value is -0.820. The minimum Gasteiger partial charge on any atom is -0.159 e. The number of carbonyl (C=O) groups excluding carboxylic acids is 1. The van der Waals surface area contributed by atoms with Gasteiger partial charge in [0.25, 0.3) is 5.69 Å². The van der Waals surface area contributed by atoms with E-state index in [2.05, 4.69) is 0 Å². The molecule has 0 N–H and O–H groups in total. The third-order valence-corrected chi connectivity index (χ3v) is 2.02. The van der Waals surface area contributed by atoms with Crippen molar-refractivity contribution in [2.75, 3.05) is 7.05 Å². The van der Waals surface area contributed by atoms with E-state index >= 15 is 0 Å². The van der Waals surface area contributed by atoms with Gasteiger partial charge in [0.1, 0.15) is 10.0 Å². The summed E-state index contributed by atoms with van der Waals surface area (Å²) in [7, 11) is 1.54. The van der Waals surface area contributed by atoms with Crippen LogP contribution in [0.15, 0.2) is 18.2 Å². The van der Waals surface area contributed by atoms with Crippen molar-refractivity contribution in [3.63, 3.8) is 0 Å². The van der Waals surface area contributed by atoms with Gasteiger partial charge in [-0.1, -0.05) is 29.3 Å². The summed E-state index contributed by atoms with van der Waals surface area (Å²) in [6.07, 6.45) is 1.68. The molecule has 4 heteroatoms. The van der Waals surface area contributed by atoms with Crippen LogP contribution in [0, 0.1) is 0 Å². The average molecular weight is 203 g/mol. The summed E-state index contributed by atoms with van der Waals surface area (Å²) in [5.74, 6) is 0. The van der Waals surface area contributed by atoms with Gasteiger partial charge in [-0.25, -0.2) is 0 Å². The van der Waals surface area contributed by atoms with Crippen LogP contribution in [0.3, 0.4) is 0 Å². The zero-order chi connectivity index (χ0) is 9.14. The second-order valence-corrected chi connectivity index (χ2v) is 3.03. The van der Waals surface area contributed by atoms with Crippen molar-refractivity contribution in [2.45, 2.75) is 0 Å². The molecule has 1 aromatic carbocycles. The lowest BCUT2D eigenvalue weighted by atomic mass is 10.3. The fraction of sp³-hybridized carbons (Fsp3) is 0.125. The molecule has 0 aliphatic carbocycles. The lowest BCUT2D eigenvalue weighted by Gasteiger charge is -1.96. The molecule has 0 atom stereocenters. The maximum Gasteiger partial charge on any atom is 0.430 e. The van der Waals surface area contributed by atoms with Gasteiger partial charge in [0, 0.05) is 0 Å². The summed E-state index contributed by atoms with van der Waals surface area (Å²) >= 11 is 11.6. The zero-order valence-corrected chi connectivity index (χ0v) is 7.86. The summed E-state index contributed by atoms with van der Waals surface area (Å²) in [5.41, 5.74) is 0.482. The molecule has 12 heavy (non-hydrogen) atoms. The topological polar surface area (TPSA) is 20.1 Å². The number of benzene rings is 1. The van der Waals surface area contributed by atoms with Gasteiger partial charge in [0.2, 0.25) is 0 Å². The summed E-state index contributed by atoms with van der Waals surface area (Å²) in [5, 5.41) is 0.877. The molecule has 0 aliphatic rings. The predicted octanol–water partition coefficient (Wildman–Crippen LogP) is 2.60. The smallest absolute Gasteiger partial charge is 0.159 e. The Morgan fingerprint density at radius 3 is 2.25 bits per heavy atom. The zero-order valence-electron chi connectivity index (χ0n) is 6.34. The molecule has 0 bridgehead atoms. The molecule has 0 aliphatic heterocycles. The standard InChI is InChI=1S/C8H6Cl2NO/c1-11(5-12)8-6(9)3-2-4-7(8)10/h2-4H,1H3/q+1. The number of hydrogen-bond donors (Lipinski definition) is 0. The van der Waals surface area contributed by atoms with Gasteiger partial charge in [-0.15, -0.1) is 4.58 Å². The summed E-state index contributed by atoms with van der Waals surface area (Å²) in [6.45, 7) is 0. The molecule has 0 spiro atoms. The molecule has 2 nitrogen and oxygen atoms in total. The molecule has 0 saturated heterocycles. The second kappa shape index (κ2) is 3.72. The van der Waals surface area contributed by atoms with Crippen molar-refractivity contribution < 1.29 is 9.37 Å². The lowest BCUT2D eigenvalue weighted by molar-refractivity contribution is -0.401. The van der Waals surface area contributed by atoms with Gasteiger partial charge >= 0.3 is 6.08 Å². The molecule has 1 aromatic rings. The molecular formula is C8H6Cl2NO+. The Morgan fingerprint density at radius 1 is 1.33 bits per heavy atom. The Morgan fingerprint density at radius 2 is 1.83 bits per heavy atom. The number of nitrogens with zero attached hydrogens (tertiary/aromatic N) is 1. The van der Waals surface area contributed by atoms with Crippen LogP contribution in [0.1, 0.15) is 0 Å². The molecule has 0 unspecified atom stereocenters. The first kappa shape index (κ1) is 9.27. The first-order chi connectivity index (χ1) is 5.66. The van der Waals surface area contributed by atoms with E-state index in [4.69, 9.17) is 23.2 Å². The van der Waals surface area contributed by atoms with Crippen LogP contribution >= 0.6 is 23.2 Å². The molecule has 62 valence electrons. The normalized spacial score (nSPS) is 9.25. The van der Waals surface area contributed by atoms with Gasteiger partial charge in [-0.3, -0.25) is 0 Å². The van der Waals surface area contributed by atoms with E-state index in [9.17, 15) is 4.79 Å². The van der Waals surface area contributed by atoms with E-state index in [1.807, 2.05) is 0 Å². The summed E-state index contributed by atoms with van der Waals surface area (Å²) < 4.78 is 1.21. The molecule has 1 rings (SSSR count). The van der Waals surface area contributed by atoms with Crippen molar-refractivity contribution >= 4 is 35.0 Å². The van der Waals surface area contributed by atoms with Crippen molar-refractivity contribution in [3.05, 3.63) is 28.2 Å². The number of rotatable bonds is 1. The molecule has 0 amide bonds. The SMILES string of the molecule is C[N+](=C=O)c1c(Cl)cccc1Cl. The Kier molecular flexibility index (Phi) is 2.88. The van der Waals surface area contributed by atoms with Crippen LogP contribution in [-0.4, -0.2) is 17.7 Å². The van der Waals surface area contributed by atoms with Crippen molar-refractivity contribution in [3.8, 4) is 0 Å². The second-order valence-electron chi connectivity index (χ2n) is 2.22. The summed E-state index contributed by atoms with van der Waals surface area (Å²) in [6, 6.07) is 5.04. The minimum absolute atomic E-state index is 0.438. The fourth-order valence-electron chi connectivity index (χ4n) is 0.855. The molecule has 0 radical (unpaired) electrons. The quantitative estimate of drug-likeness (QED) is 0.390. The molecule has 0 saturated carbocycles. The highest BCUT2D eigenvalue weighted by Crippen LogP contribution is 2.30. The maximum atomic E-state index is 10.3. The molecule has 0 aromatic heterocycles. The Labute approximate surface area is 80.0 Å². The minimum atomic E-state index is 0.438. The molecule has 0 fully saturated rings. The summed E-state index contributed by atoms with van der Waals surface area (Å²) in [4.78, 5) is 10.3. The highest BCUT2D eigenvalue weighted by molar-refractivity contribution is 6.38.